The highest BCUT2D eigenvalue weighted by Crippen LogP contribution is 2.22. The van der Waals surface area contributed by atoms with Crippen LogP contribution in [0.25, 0.3) is 0 Å². The Morgan fingerprint density at radius 1 is 1.24 bits per heavy atom. The van der Waals surface area contributed by atoms with Crippen LogP contribution in [-0.4, -0.2) is 30.1 Å². The molecule has 2 nitrogen and oxygen atoms in total. The number of hydrogen-bond acceptors (Lipinski definition) is 2. The molecule has 1 N–H and O–H groups in total. The van der Waals surface area contributed by atoms with Crippen molar-refractivity contribution in [3.8, 4) is 0 Å². The number of nitrogens with one attached hydrogen (secondary N) is 1. The molecule has 1 aromatic carbocycles. The maximum atomic E-state index is 3.73. The Morgan fingerprint density at radius 3 is 2.48 bits per heavy atom. The van der Waals surface area contributed by atoms with E-state index < -0.39 is 0 Å². The molecule has 0 aliphatic carbocycles. The Morgan fingerprint density at radius 2 is 1.90 bits per heavy atom. The molecule has 2 rings (SSSR count). The second-order valence-electron chi connectivity index (χ2n) is 7.10. The molecule has 2 heteroatoms. The number of benzene rings is 1. The molecule has 0 spiro atoms. The highest BCUT2D eigenvalue weighted by Gasteiger charge is 2.28. The van der Waals surface area contributed by atoms with Crippen LogP contribution in [0.2, 0.25) is 0 Å². The molecule has 118 valence electrons. The summed E-state index contributed by atoms with van der Waals surface area (Å²) >= 11 is 0. The van der Waals surface area contributed by atoms with Crippen LogP contribution < -0.4 is 5.32 Å². The van der Waals surface area contributed by atoms with Crippen LogP contribution in [0, 0.1) is 19.8 Å². The molecule has 0 aromatic heterocycles. The lowest BCUT2D eigenvalue weighted by Crippen LogP contribution is -2.56. The van der Waals surface area contributed by atoms with Gasteiger partial charge in [-0.1, -0.05) is 39.0 Å². The molecule has 1 aromatic rings. The topological polar surface area (TPSA) is 15.3 Å². The van der Waals surface area contributed by atoms with Gasteiger partial charge in [0.05, 0.1) is 0 Å². The second-order valence-corrected chi connectivity index (χ2v) is 7.10. The highest BCUT2D eigenvalue weighted by molar-refractivity contribution is 5.33. The van der Waals surface area contributed by atoms with Crippen molar-refractivity contribution in [2.45, 2.75) is 66.1 Å². The minimum atomic E-state index is 0.651. The first-order valence-corrected chi connectivity index (χ1v) is 8.53. The average molecular weight is 288 g/mol. The van der Waals surface area contributed by atoms with E-state index in [1.807, 2.05) is 0 Å². The lowest BCUT2D eigenvalue weighted by atomic mass is 9.96. The van der Waals surface area contributed by atoms with E-state index in [2.05, 4.69) is 63.0 Å². The molecule has 2 atom stereocenters. The maximum absolute atomic E-state index is 3.73. The van der Waals surface area contributed by atoms with Crippen molar-refractivity contribution in [2.75, 3.05) is 13.1 Å². The average Bonchev–Trinajstić information content (AvgIpc) is 2.44. The summed E-state index contributed by atoms with van der Waals surface area (Å²) in [6, 6.07) is 8.00. The Kier molecular flexibility index (Phi) is 5.83. The fourth-order valence-electron chi connectivity index (χ4n) is 3.47. The largest absolute Gasteiger partial charge is 0.311 e. The predicted octanol–water partition coefficient (Wildman–Crippen LogP) is 3.90. The molecule has 21 heavy (non-hydrogen) atoms. The van der Waals surface area contributed by atoms with Crippen molar-refractivity contribution >= 4 is 0 Å². The standard InChI is InChI=1S/C19H32N2/c1-6-17-12-21(18(11-20-17)10-14(2)3)13-19-15(4)8-7-9-16(19)5/h7-9,14,17-18,20H,6,10-13H2,1-5H3. The maximum Gasteiger partial charge on any atom is 0.0243 e. The van der Waals surface area contributed by atoms with Crippen LogP contribution in [0.5, 0.6) is 0 Å². The number of aryl methyl sites for hydroxylation is 2. The summed E-state index contributed by atoms with van der Waals surface area (Å²) < 4.78 is 0. The molecule has 0 saturated carbocycles. The van der Waals surface area contributed by atoms with Crippen molar-refractivity contribution in [1.29, 1.82) is 0 Å². The van der Waals surface area contributed by atoms with Crippen LogP contribution >= 0.6 is 0 Å². The summed E-state index contributed by atoms with van der Waals surface area (Å²) in [7, 11) is 0. The van der Waals surface area contributed by atoms with Crippen LogP contribution in [-0.2, 0) is 6.54 Å². The van der Waals surface area contributed by atoms with Crippen molar-refractivity contribution in [1.82, 2.24) is 10.2 Å². The molecule has 1 fully saturated rings. The molecule has 0 radical (unpaired) electrons. The number of nitrogens with zero attached hydrogens (tertiary/aromatic N) is 1. The van der Waals surface area contributed by atoms with Crippen LogP contribution in [0.15, 0.2) is 18.2 Å². The van der Waals surface area contributed by atoms with Gasteiger partial charge in [0.1, 0.15) is 0 Å². The summed E-state index contributed by atoms with van der Waals surface area (Å²) in [6.07, 6.45) is 2.51. The Labute approximate surface area is 130 Å². The number of piperazine rings is 1. The third-order valence-electron chi connectivity index (χ3n) is 4.86. The van der Waals surface area contributed by atoms with E-state index in [1.54, 1.807) is 0 Å². The number of rotatable bonds is 5. The molecule has 0 bridgehead atoms. The Hall–Kier alpha value is -0.860. The summed E-state index contributed by atoms with van der Waals surface area (Å²) in [4.78, 5) is 2.72. The zero-order chi connectivity index (χ0) is 15.4. The third-order valence-corrected chi connectivity index (χ3v) is 4.86. The molecule has 2 unspecified atom stereocenters. The smallest absolute Gasteiger partial charge is 0.0243 e. The zero-order valence-electron chi connectivity index (χ0n) is 14.4. The van der Waals surface area contributed by atoms with Gasteiger partial charge in [0, 0.05) is 31.7 Å². The molecule has 1 heterocycles. The van der Waals surface area contributed by atoms with Gasteiger partial charge in [0.2, 0.25) is 0 Å². The lowest BCUT2D eigenvalue weighted by Gasteiger charge is -2.41. The van der Waals surface area contributed by atoms with E-state index >= 15 is 0 Å². The Balaban J connectivity index is 2.15. The van der Waals surface area contributed by atoms with Crippen molar-refractivity contribution in [2.24, 2.45) is 5.92 Å². The first kappa shape index (κ1) is 16.5. The van der Waals surface area contributed by atoms with Gasteiger partial charge in [-0.15, -0.1) is 0 Å². The minimum Gasteiger partial charge on any atom is -0.311 e. The van der Waals surface area contributed by atoms with Gasteiger partial charge >= 0.3 is 0 Å². The summed E-state index contributed by atoms with van der Waals surface area (Å²) in [5, 5.41) is 3.73. The van der Waals surface area contributed by atoms with Gasteiger partial charge in [0.15, 0.2) is 0 Å². The van der Waals surface area contributed by atoms with E-state index in [-0.39, 0.29) is 0 Å². The number of hydrogen-bond donors (Lipinski definition) is 1. The van der Waals surface area contributed by atoms with Gasteiger partial charge in [-0.25, -0.2) is 0 Å². The van der Waals surface area contributed by atoms with Crippen molar-refractivity contribution in [3.05, 3.63) is 34.9 Å². The van der Waals surface area contributed by atoms with Gasteiger partial charge in [-0.2, -0.15) is 0 Å². The lowest BCUT2D eigenvalue weighted by molar-refractivity contribution is 0.105. The molecular weight excluding hydrogens is 256 g/mol. The van der Waals surface area contributed by atoms with Crippen LogP contribution in [0.1, 0.15) is 50.3 Å². The molecular formula is C19H32N2. The molecule has 1 saturated heterocycles. The van der Waals surface area contributed by atoms with Gasteiger partial charge in [-0.3, -0.25) is 4.90 Å². The molecule has 1 aliphatic rings. The Bertz CT molecular complexity index is 433. The van der Waals surface area contributed by atoms with E-state index in [0.29, 0.717) is 12.1 Å². The van der Waals surface area contributed by atoms with Gasteiger partial charge in [0.25, 0.3) is 0 Å². The van der Waals surface area contributed by atoms with Crippen molar-refractivity contribution < 1.29 is 0 Å². The molecule has 0 amide bonds. The summed E-state index contributed by atoms with van der Waals surface area (Å²) in [5.74, 6) is 0.760. The summed E-state index contributed by atoms with van der Waals surface area (Å²) in [5.41, 5.74) is 4.40. The SMILES string of the molecule is CCC1CN(Cc2c(C)cccc2C)C(CC(C)C)CN1. The van der Waals surface area contributed by atoms with Crippen LogP contribution in [0.4, 0.5) is 0 Å². The second kappa shape index (κ2) is 7.42. The van der Waals surface area contributed by atoms with Crippen LogP contribution in [0.3, 0.4) is 0 Å². The van der Waals surface area contributed by atoms with E-state index in [1.165, 1.54) is 36.1 Å². The van der Waals surface area contributed by atoms with Crippen molar-refractivity contribution in [3.63, 3.8) is 0 Å². The van der Waals surface area contributed by atoms with Gasteiger partial charge in [-0.05, 0) is 49.3 Å². The van der Waals surface area contributed by atoms with E-state index in [4.69, 9.17) is 0 Å². The first-order chi connectivity index (χ1) is 10.0. The quantitative estimate of drug-likeness (QED) is 0.884. The predicted molar refractivity (Wildman–Crippen MR) is 91.7 cm³/mol. The zero-order valence-corrected chi connectivity index (χ0v) is 14.4. The van der Waals surface area contributed by atoms with E-state index in [0.717, 1.165) is 19.0 Å². The fourth-order valence-corrected chi connectivity index (χ4v) is 3.47. The normalized spacial score (nSPS) is 23.7. The van der Waals surface area contributed by atoms with Gasteiger partial charge < -0.3 is 5.32 Å². The minimum absolute atomic E-state index is 0.651. The summed E-state index contributed by atoms with van der Waals surface area (Å²) in [6.45, 7) is 14.9. The first-order valence-electron chi connectivity index (χ1n) is 8.53. The third kappa shape index (κ3) is 4.31. The van der Waals surface area contributed by atoms with E-state index in [9.17, 15) is 0 Å². The molecule has 1 aliphatic heterocycles. The highest BCUT2D eigenvalue weighted by atomic mass is 15.2. The monoisotopic (exact) mass is 288 g/mol. The fraction of sp³-hybridized carbons (Fsp3) is 0.684.